The molecule has 0 saturated heterocycles. The molecule has 2 nitrogen and oxygen atoms in total. The quantitative estimate of drug-likeness (QED) is 0.498. The molecule has 2 rings (SSSR count). The van der Waals surface area contributed by atoms with E-state index in [1.54, 1.807) is 0 Å². The largest absolute Gasteiger partial charge is 0.494 e. The summed E-state index contributed by atoms with van der Waals surface area (Å²) in [6.07, 6.45) is 2.25. The summed E-state index contributed by atoms with van der Waals surface area (Å²) in [5, 5.41) is 0. The monoisotopic (exact) mass is 288 g/mol. The van der Waals surface area contributed by atoms with E-state index in [9.17, 15) is 0 Å². The van der Waals surface area contributed by atoms with Gasteiger partial charge >= 0.3 is 0 Å². The molecule has 106 valence electrons. The van der Waals surface area contributed by atoms with Gasteiger partial charge in [0.15, 0.2) is 0 Å². The molecule has 0 unspecified atom stereocenters. The van der Waals surface area contributed by atoms with Gasteiger partial charge in [-0.1, -0.05) is 43.7 Å². The minimum absolute atomic E-state index is 0.592. The van der Waals surface area contributed by atoms with Crippen LogP contribution in [0.3, 0.4) is 0 Å². The highest BCUT2D eigenvalue weighted by Crippen LogP contribution is 2.21. The van der Waals surface area contributed by atoms with E-state index in [2.05, 4.69) is 6.92 Å². The molecule has 3 heteroatoms. The number of ether oxygens (including phenoxy) is 1. The van der Waals surface area contributed by atoms with Crippen molar-refractivity contribution in [3.05, 3.63) is 60.2 Å². The van der Waals surface area contributed by atoms with Gasteiger partial charge in [0.25, 0.3) is 0 Å². The molecular weight excluding hydrogens is 268 g/mol. The summed E-state index contributed by atoms with van der Waals surface area (Å²) < 4.78 is 11.2. The van der Waals surface area contributed by atoms with Gasteiger partial charge in [-0.3, -0.25) is 0 Å². The molecule has 0 bridgehead atoms. The Balaban J connectivity index is 1.73. The van der Waals surface area contributed by atoms with Crippen LogP contribution >= 0.6 is 12.0 Å². The lowest BCUT2D eigenvalue weighted by atomic mass is 10.2. The van der Waals surface area contributed by atoms with Crippen molar-refractivity contribution in [1.29, 1.82) is 0 Å². The zero-order valence-corrected chi connectivity index (χ0v) is 12.6. The summed E-state index contributed by atoms with van der Waals surface area (Å²) >= 11 is 1.41. The number of benzene rings is 2. The first kappa shape index (κ1) is 14.9. The fourth-order valence-corrected chi connectivity index (χ4v) is 2.26. The van der Waals surface area contributed by atoms with Crippen LogP contribution in [-0.2, 0) is 10.8 Å². The van der Waals surface area contributed by atoms with E-state index in [-0.39, 0.29) is 0 Å². The van der Waals surface area contributed by atoms with E-state index in [1.165, 1.54) is 12.0 Å². The molecule has 2 aromatic carbocycles. The lowest BCUT2D eigenvalue weighted by Gasteiger charge is -2.07. The lowest BCUT2D eigenvalue weighted by Crippen LogP contribution is -1.96. The first-order valence-electron chi connectivity index (χ1n) is 6.94. The van der Waals surface area contributed by atoms with Crippen molar-refractivity contribution in [2.75, 3.05) is 6.61 Å². The van der Waals surface area contributed by atoms with Crippen LogP contribution in [-0.4, -0.2) is 6.61 Å². The Hall–Kier alpha value is -1.45. The molecule has 0 aliphatic rings. The highest BCUT2D eigenvalue weighted by Gasteiger charge is 1.98. The van der Waals surface area contributed by atoms with Crippen molar-refractivity contribution in [1.82, 2.24) is 0 Å². The molecule has 0 aliphatic heterocycles. The first-order chi connectivity index (χ1) is 9.88. The summed E-state index contributed by atoms with van der Waals surface area (Å²) in [6, 6.07) is 18.2. The Labute approximate surface area is 125 Å². The molecule has 0 saturated carbocycles. The molecule has 20 heavy (non-hydrogen) atoms. The van der Waals surface area contributed by atoms with Crippen LogP contribution in [0.15, 0.2) is 59.5 Å². The minimum Gasteiger partial charge on any atom is -0.494 e. The third-order valence-corrected chi connectivity index (χ3v) is 3.51. The fourth-order valence-electron chi connectivity index (χ4n) is 1.66. The van der Waals surface area contributed by atoms with Crippen molar-refractivity contribution >= 4 is 12.0 Å². The molecule has 0 heterocycles. The lowest BCUT2D eigenvalue weighted by molar-refractivity contribution is 0.309. The zero-order valence-electron chi connectivity index (χ0n) is 11.7. The van der Waals surface area contributed by atoms with Gasteiger partial charge in [-0.2, -0.15) is 0 Å². The third kappa shape index (κ3) is 5.27. The van der Waals surface area contributed by atoms with Gasteiger partial charge in [0.2, 0.25) is 0 Å². The van der Waals surface area contributed by atoms with Crippen LogP contribution in [0, 0.1) is 0 Å². The molecule has 0 fully saturated rings. The van der Waals surface area contributed by atoms with Crippen molar-refractivity contribution < 1.29 is 8.92 Å². The average Bonchev–Trinajstić information content (AvgIpc) is 2.50. The highest BCUT2D eigenvalue weighted by molar-refractivity contribution is 7.94. The van der Waals surface area contributed by atoms with Gasteiger partial charge in [-0.25, -0.2) is 0 Å². The molecular formula is C17H20O2S. The second kappa shape index (κ2) is 8.67. The van der Waals surface area contributed by atoms with Gasteiger partial charge < -0.3 is 8.92 Å². The predicted octanol–water partition coefficient (Wildman–Crippen LogP) is 5.09. The topological polar surface area (TPSA) is 18.5 Å². The van der Waals surface area contributed by atoms with Crippen molar-refractivity contribution in [2.45, 2.75) is 31.3 Å². The van der Waals surface area contributed by atoms with E-state index < -0.39 is 0 Å². The smallest absolute Gasteiger partial charge is 0.119 e. The Morgan fingerprint density at radius 3 is 2.40 bits per heavy atom. The molecule has 0 aromatic heterocycles. The van der Waals surface area contributed by atoms with Crippen molar-refractivity contribution in [3.8, 4) is 5.75 Å². The summed E-state index contributed by atoms with van der Waals surface area (Å²) in [5.74, 6) is 0.929. The summed E-state index contributed by atoms with van der Waals surface area (Å²) in [4.78, 5) is 1.12. The van der Waals surface area contributed by atoms with Crippen LogP contribution < -0.4 is 4.74 Å². The van der Waals surface area contributed by atoms with E-state index in [1.807, 2.05) is 54.6 Å². The van der Waals surface area contributed by atoms with Crippen LogP contribution in [0.25, 0.3) is 0 Å². The molecule has 0 amide bonds. The van der Waals surface area contributed by atoms with Gasteiger partial charge in [0.1, 0.15) is 5.75 Å². The summed E-state index contributed by atoms with van der Waals surface area (Å²) in [6.45, 7) is 3.54. The van der Waals surface area contributed by atoms with Gasteiger partial charge in [-0.05, 0) is 36.2 Å². The fraction of sp³-hybridized carbons (Fsp3) is 0.294. The SMILES string of the molecule is CCCCOc1ccc(COSc2ccccc2)cc1. The summed E-state index contributed by atoms with van der Waals surface area (Å²) in [5.41, 5.74) is 1.15. The second-order valence-electron chi connectivity index (χ2n) is 4.50. The minimum atomic E-state index is 0.592. The maximum absolute atomic E-state index is 5.63. The molecule has 0 N–H and O–H groups in total. The number of hydrogen-bond acceptors (Lipinski definition) is 3. The van der Waals surface area contributed by atoms with E-state index in [4.69, 9.17) is 8.92 Å². The molecule has 0 aliphatic carbocycles. The zero-order chi connectivity index (χ0) is 14.0. The maximum Gasteiger partial charge on any atom is 0.119 e. The first-order valence-corrected chi connectivity index (χ1v) is 7.69. The van der Waals surface area contributed by atoms with Crippen LogP contribution in [0.4, 0.5) is 0 Å². The average molecular weight is 288 g/mol. The normalized spacial score (nSPS) is 10.4. The van der Waals surface area contributed by atoms with E-state index in [0.717, 1.165) is 35.7 Å². The Morgan fingerprint density at radius 2 is 1.70 bits per heavy atom. The Kier molecular flexibility index (Phi) is 6.48. The van der Waals surface area contributed by atoms with Gasteiger partial charge in [-0.15, -0.1) is 0 Å². The summed E-state index contributed by atoms with van der Waals surface area (Å²) in [7, 11) is 0. The molecule has 0 spiro atoms. The van der Waals surface area contributed by atoms with Crippen molar-refractivity contribution in [3.63, 3.8) is 0 Å². The van der Waals surface area contributed by atoms with Crippen molar-refractivity contribution in [2.24, 2.45) is 0 Å². The predicted molar refractivity (Wildman–Crippen MR) is 83.9 cm³/mol. The van der Waals surface area contributed by atoms with E-state index >= 15 is 0 Å². The Bertz CT molecular complexity index is 482. The van der Waals surface area contributed by atoms with Crippen LogP contribution in [0.1, 0.15) is 25.3 Å². The number of unbranched alkanes of at least 4 members (excludes halogenated alkanes) is 1. The molecule has 0 atom stereocenters. The van der Waals surface area contributed by atoms with E-state index in [0.29, 0.717) is 6.61 Å². The van der Waals surface area contributed by atoms with Gasteiger partial charge in [0.05, 0.1) is 13.2 Å². The van der Waals surface area contributed by atoms with Gasteiger partial charge in [0, 0.05) is 16.9 Å². The second-order valence-corrected chi connectivity index (χ2v) is 5.38. The molecule has 2 aromatic rings. The molecule has 0 radical (unpaired) electrons. The maximum atomic E-state index is 5.63. The number of rotatable bonds is 8. The standard InChI is InChI=1S/C17H20O2S/c1-2-3-13-18-16-11-9-15(10-12-16)14-19-20-17-7-5-4-6-8-17/h4-12H,2-3,13-14H2,1H3. The van der Waals surface area contributed by atoms with Crippen LogP contribution in [0.5, 0.6) is 5.75 Å². The number of hydrogen-bond donors (Lipinski definition) is 0. The Morgan fingerprint density at radius 1 is 0.950 bits per heavy atom. The third-order valence-electron chi connectivity index (χ3n) is 2.81. The van der Waals surface area contributed by atoms with Crippen LogP contribution in [0.2, 0.25) is 0 Å². The highest BCUT2D eigenvalue weighted by atomic mass is 32.2.